The van der Waals surface area contributed by atoms with Gasteiger partial charge < -0.3 is 4.74 Å². The molecule has 0 saturated carbocycles. The molecule has 0 spiro atoms. The van der Waals surface area contributed by atoms with E-state index in [1.807, 2.05) is 0 Å². The van der Waals surface area contributed by atoms with Gasteiger partial charge in [0.25, 0.3) is 0 Å². The lowest BCUT2D eigenvalue weighted by Crippen LogP contribution is -2.40. The first-order chi connectivity index (χ1) is 14.7. The summed E-state index contributed by atoms with van der Waals surface area (Å²) < 4.78 is 71.9. The maximum atomic E-state index is 13.2. The van der Waals surface area contributed by atoms with E-state index in [-0.39, 0.29) is 34.3 Å². The Labute approximate surface area is 181 Å². The fourth-order valence-electron chi connectivity index (χ4n) is 3.17. The van der Waals surface area contributed by atoms with Gasteiger partial charge in [-0.1, -0.05) is 30.3 Å². The molecule has 1 saturated heterocycles. The Morgan fingerprint density at radius 3 is 2.52 bits per heavy atom. The Bertz CT molecular complexity index is 1200. The first-order valence-electron chi connectivity index (χ1n) is 9.39. The third-order valence-corrected chi connectivity index (χ3v) is 7.66. The summed E-state index contributed by atoms with van der Waals surface area (Å²) in [5.74, 6) is -0.942. The van der Waals surface area contributed by atoms with Crippen molar-refractivity contribution in [3.8, 4) is 0 Å². The van der Waals surface area contributed by atoms with Crippen molar-refractivity contribution in [2.75, 3.05) is 26.3 Å². The van der Waals surface area contributed by atoms with Crippen LogP contribution in [0.15, 0.2) is 58.5 Å². The number of benzene rings is 2. The van der Waals surface area contributed by atoms with Gasteiger partial charge >= 0.3 is 6.18 Å². The molecule has 6 nitrogen and oxygen atoms in total. The van der Waals surface area contributed by atoms with Crippen LogP contribution >= 0.6 is 11.8 Å². The van der Waals surface area contributed by atoms with Crippen molar-refractivity contribution >= 4 is 32.7 Å². The molecular formula is C20H18F3N3O3S2. The quantitative estimate of drug-likeness (QED) is 0.416. The summed E-state index contributed by atoms with van der Waals surface area (Å²) in [6, 6.07) is 12.9. The molecule has 0 radical (unpaired) electrons. The largest absolute Gasteiger partial charge is 0.451 e. The molecule has 0 amide bonds. The van der Waals surface area contributed by atoms with Crippen molar-refractivity contribution in [1.29, 1.82) is 0 Å². The lowest BCUT2D eigenvalue weighted by atomic mass is 10.2. The van der Waals surface area contributed by atoms with Gasteiger partial charge in [-0.3, -0.25) is 0 Å². The molecule has 4 rings (SSSR count). The normalized spacial score (nSPS) is 16.0. The van der Waals surface area contributed by atoms with Crippen LogP contribution in [0.3, 0.4) is 0 Å². The molecule has 0 aliphatic carbocycles. The molecule has 31 heavy (non-hydrogen) atoms. The van der Waals surface area contributed by atoms with Crippen molar-refractivity contribution in [2.45, 2.75) is 21.9 Å². The lowest BCUT2D eigenvalue weighted by Gasteiger charge is -2.26. The van der Waals surface area contributed by atoms with E-state index >= 15 is 0 Å². The van der Waals surface area contributed by atoms with Crippen molar-refractivity contribution in [3.63, 3.8) is 0 Å². The highest BCUT2D eigenvalue weighted by atomic mass is 32.2. The van der Waals surface area contributed by atoms with E-state index in [1.165, 1.54) is 16.4 Å². The minimum Gasteiger partial charge on any atom is -0.379 e. The van der Waals surface area contributed by atoms with E-state index in [2.05, 4.69) is 9.97 Å². The Kier molecular flexibility index (Phi) is 6.20. The predicted molar refractivity (Wildman–Crippen MR) is 110 cm³/mol. The number of ether oxygens (including phenoxy) is 1. The van der Waals surface area contributed by atoms with Gasteiger partial charge in [-0.05, 0) is 23.8 Å². The Morgan fingerprint density at radius 2 is 1.77 bits per heavy atom. The number of halogens is 3. The van der Waals surface area contributed by atoms with Crippen LogP contribution in [0.25, 0.3) is 10.9 Å². The molecule has 1 fully saturated rings. The zero-order valence-electron chi connectivity index (χ0n) is 16.2. The molecule has 11 heteroatoms. The third kappa shape index (κ3) is 4.84. The van der Waals surface area contributed by atoms with E-state index in [0.29, 0.717) is 24.2 Å². The van der Waals surface area contributed by atoms with E-state index in [1.54, 1.807) is 36.4 Å². The zero-order chi connectivity index (χ0) is 22.1. The molecule has 0 unspecified atom stereocenters. The maximum Gasteiger partial charge on any atom is 0.451 e. The van der Waals surface area contributed by atoms with Crippen LogP contribution in [0.2, 0.25) is 0 Å². The van der Waals surface area contributed by atoms with Crippen molar-refractivity contribution in [1.82, 2.24) is 14.3 Å². The van der Waals surface area contributed by atoms with Crippen molar-refractivity contribution < 1.29 is 26.3 Å². The van der Waals surface area contributed by atoms with Gasteiger partial charge in [0.2, 0.25) is 15.8 Å². The van der Waals surface area contributed by atoms with Crippen LogP contribution in [0, 0.1) is 0 Å². The summed E-state index contributed by atoms with van der Waals surface area (Å²) in [7, 11) is -3.66. The minimum atomic E-state index is -4.66. The van der Waals surface area contributed by atoms with Gasteiger partial charge in [-0.2, -0.15) is 17.5 Å². The number of aromatic nitrogens is 2. The summed E-state index contributed by atoms with van der Waals surface area (Å²) in [4.78, 5) is 7.48. The first kappa shape index (κ1) is 22.0. The molecule has 164 valence electrons. The molecule has 1 aliphatic heterocycles. The van der Waals surface area contributed by atoms with Gasteiger partial charge in [-0.25, -0.2) is 18.4 Å². The van der Waals surface area contributed by atoms with Gasteiger partial charge in [0, 0.05) is 24.2 Å². The van der Waals surface area contributed by atoms with Crippen LogP contribution in [0.1, 0.15) is 11.4 Å². The van der Waals surface area contributed by atoms with E-state index < -0.39 is 22.0 Å². The number of sulfonamides is 1. The van der Waals surface area contributed by atoms with Gasteiger partial charge in [0.15, 0.2) is 0 Å². The van der Waals surface area contributed by atoms with E-state index in [9.17, 15) is 21.6 Å². The fourth-order valence-corrected chi connectivity index (χ4v) is 5.61. The number of hydrogen-bond acceptors (Lipinski definition) is 6. The number of alkyl halides is 3. The molecule has 0 bridgehead atoms. The lowest BCUT2D eigenvalue weighted by molar-refractivity contribution is -0.145. The molecule has 1 aromatic heterocycles. The van der Waals surface area contributed by atoms with E-state index in [0.717, 1.165) is 11.8 Å². The third-order valence-electron chi connectivity index (χ3n) is 4.70. The highest BCUT2D eigenvalue weighted by molar-refractivity contribution is 7.98. The highest BCUT2D eigenvalue weighted by Gasteiger charge is 2.35. The second-order valence-electron chi connectivity index (χ2n) is 6.82. The summed E-state index contributed by atoms with van der Waals surface area (Å²) in [5, 5.41) is 0.706. The van der Waals surface area contributed by atoms with Crippen LogP contribution < -0.4 is 0 Å². The second-order valence-corrected chi connectivity index (χ2v) is 9.72. The topological polar surface area (TPSA) is 72.4 Å². The summed E-state index contributed by atoms with van der Waals surface area (Å²) >= 11 is 1.11. The second kappa shape index (κ2) is 8.73. The van der Waals surface area contributed by atoms with Gasteiger partial charge in [0.1, 0.15) is 5.03 Å². The van der Waals surface area contributed by atoms with Crippen LogP contribution in [0.4, 0.5) is 13.2 Å². The molecular weight excluding hydrogens is 451 g/mol. The Morgan fingerprint density at radius 1 is 1.03 bits per heavy atom. The van der Waals surface area contributed by atoms with Gasteiger partial charge in [-0.15, -0.1) is 11.8 Å². The highest BCUT2D eigenvalue weighted by Crippen LogP contribution is 2.33. The monoisotopic (exact) mass is 469 g/mol. The number of fused-ring (bicyclic) bond motifs is 1. The van der Waals surface area contributed by atoms with Crippen molar-refractivity contribution in [2.24, 2.45) is 0 Å². The molecule has 2 aromatic carbocycles. The summed E-state index contributed by atoms with van der Waals surface area (Å²) in [6.07, 6.45) is -4.66. The maximum absolute atomic E-state index is 13.2. The average Bonchev–Trinajstić information content (AvgIpc) is 2.77. The molecule has 0 atom stereocenters. The van der Waals surface area contributed by atoms with Crippen LogP contribution in [-0.2, 0) is 26.7 Å². The Hall–Kier alpha value is -2.21. The Balaban J connectivity index is 1.60. The zero-order valence-corrected chi connectivity index (χ0v) is 17.8. The number of nitrogens with zero attached hydrogens (tertiary/aromatic N) is 3. The first-order valence-corrected chi connectivity index (χ1v) is 11.8. The molecule has 1 aliphatic rings. The summed E-state index contributed by atoms with van der Waals surface area (Å²) in [6.45, 7) is 1.26. The number of rotatable bonds is 5. The molecule has 3 aromatic rings. The SMILES string of the molecule is O=S(=O)(c1cccc(CSc2nc(C(F)(F)F)nc3ccccc23)c1)N1CCOCC1. The molecule has 2 heterocycles. The predicted octanol–water partition coefficient (Wildman–Crippen LogP) is 3.96. The fraction of sp³-hybridized carbons (Fsp3) is 0.300. The van der Waals surface area contributed by atoms with Crippen LogP contribution in [0.5, 0.6) is 0 Å². The number of para-hydroxylation sites is 1. The smallest absolute Gasteiger partial charge is 0.379 e. The molecule has 0 N–H and O–H groups in total. The standard InChI is InChI=1S/C20H18F3N3O3S2/c21-20(22,23)19-24-17-7-2-1-6-16(17)18(25-19)30-13-14-4-3-5-15(12-14)31(27,28)26-8-10-29-11-9-26/h1-7,12H,8-11,13H2. The number of morpholine rings is 1. The average molecular weight is 470 g/mol. The van der Waals surface area contributed by atoms with Gasteiger partial charge in [0.05, 0.1) is 23.6 Å². The summed E-state index contributed by atoms with van der Waals surface area (Å²) in [5.41, 5.74) is 0.867. The van der Waals surface area contributed by atoms with Crippen molar-refractivity contribution in [3.05, 3.63) is 59.9 Å². The van der Waals surface area contributed by atoms with E-state index in [4.69, 9.17) is 4.74 Å². The van der Waals surface area contributed by atoms with Crippen LogP contribution in [-0.4, -0.2) is 49.0 Å². The number of hydrogen-bond donors (Lipinski definition) is 0. The number of thioether (sulfide) groups is 1. The minimum absolute atomic E-state index is 0.149.